The average molecular weight is 236 g/mol. The number of carbonyl (C=O) groups excluding carboxylic acids is 1. The van der Waals surface area contributed by atoms with Crippen molar-refractivity contribution >= 4 is 11.8 Å². The quantitative estimate of drug-likeness (QED) is 0.828. The molecular weight excluding hydrogens is 216 g/mol. The van der Waals surface area contributed by atoms with Crippen LogP contribution in [0.2, 0.25) is 0 Å². The van der Waals surface area contributed by atoms with E-state index in [-0.39, 0.29) is 6.03 Å². The minimum absolute atomic E-state index is 0.00847. The molecule has 0 radical (unpaired) electrons. The van der Waals surface area contributed by atoms with Crippen LogP contribution in [0.25, 0.3) is 0 Å². The van der Waals surface area contributed by atoms with E-state index in [0.717, 1.165) is 43.7 Å². The summed E-state index contributed by atoms with van der Waals surface area (Å²) in [6.07, 6.45) is 7.31. The van der Waals surface area contributed by atoms with Crippen LogP contribution in [0.1, 0.15) is 38.2 Å². The van der Waals surface area contributed by atoms with Crippen LogP contribution < -0.4 is 5.32 Å². The van der Waals surface area contributed by atoms with Gasteiger partial charge in [0.15, 0.2) is 0 Å². The highest BCUT2D eigenvalue weighted by molar-refractivity contribution is 5.89. The molecule has 0 unspecified atom stereocenters. The first-order chi connectivity index (χ1) is 8.31. The predicted octanol–water partition coefficient (Wildman–Crippen LogP) is 2.38. The second-order valence-corrected chi connectivity index (χ2v) is 4.46. The number of carbonyl (C=O) groups is 1. The summed E-state index contributed by atoms with van der Waals surface area (Å²) in [6, 6.07) is -0.00847. The van der Waals surface area contributed by atoms with Gasteiger partial charge in [0.05, 0.1) is 6.20 Å². The number of rotatable bonds is 2. The number of aromatic nitrogens is 2. The number of likely N-dealkylation sites (tertiary alicyclic amines) is 1. The molecule has 2 amide bonds. The van der Waals surface area contributed by atoms with Gasteiger partial charge in [0.2, 0.25) is 0 Å². The number of H-pyrrole nitrogens is 1. The third kappa shape index (κ3) is 2.99. The number of hydrogen-bond acceptors (Lipinski definition) is 2. The van der Waals surface area contributed by atoms with Crippen molar-refractivity contribution in [3.8, 4) is 0 Å². The van der Waals surface area contributed by atoms with Crippen molar-refractivity contribution in [2.24, 2.45) is 0 Å². The minimum Gasteiger partial charge on any atom is -0.325 e. The van der Waals surface area contributed by atoms with Crippen LogP contribution in [-0.2, 0) is 6.42 Å². The van der Waals surface area contributed by atoms with E-state index in [0.29, 0.717) is 0 Å². The summed E-state index contributed by atoms with van der Waals surface area (Å²) < 4.78 is 0. The van der Waals surface area contributed by atoms with E-state index >= 15 is 0 Å². The molecule has 1 aromatic rings. The number of nitrogens with one attached hydrogen (secondary N) is 2. The van der Waals surface area contributed by atoms with Gasteiger partial charge in [-0.25, -0.2) is 4.79 Å². The van der Waals surface area contributed by atoms with E-state index in [1.54, 1.807) is 6.20 Å². The molecule has 1 aliphatic heterocycles. The van der Waals surface area contributed by atoms with Crippen molar-refractivity contribution < 1.29 is 4.79 Å². The summed E-state index contributed by atoms with van der Waals surface area (Å²) in [4.78, 5) is 13.9. The molecule has 0 saturated carbocycles. The van der Waals surface area contributed by atoms with Crippen LogP contribution in [0.5, 0.6) is 0 Å². The summed E-state index contributed by atoms with van der Waals surface area (Å²) in [5.74, 6) is 0.738. The highest BCUT2D eigenvalue weighted by Gasteiger charge is 2.16. The summed E-state index contributed by atoms with van der Waals surface area (Å²) >= 11 is 0. The van der Waals surface area contributed by atoms with E-state index in [1.807, 2.05) is 11.8 Å². The normalized spacial score (nSPS) is 16.6. The number of hydrogen-bond donors (Lipinski definition) is 2. The Hall–Kier alpha value is -1.52. The maximum absolute atomic E-state index is 12.1. The molecule has 17 heavy (non-hydrogen) atoms. The van der Waals surface area contributed by atoms with E-state index in [2.05, 4.69) is 15.5 Å². The van der Waals surface area contributed by atoms with Crippen LogP contribution in [-0.4, -0.2) is 34.2 Å². The topological polar surface area (TPSA) is 61.0 Å². The molecule has 1 fully saturated rings. The monoisotopic (exact) mass is 236 g/mol. The summed E-state index contributed by atoms with van der Waals surface area (Å²) in [6.45, 7) is 3.77. The van der Waals surface area contributed by atoms with E-state index in [9.17, 15) is 4.79 Å². The van der Waals surface area contributed by atoms with Crippen LogP contribution in [0.15, 0.2) is 6.20 Å². The van der Waals surface area contributed by atoms with E-state index in [4.69, 9.17) is 0 Å². The van der Waals surface area contributed by atoms with Crippen molar-refractivity contribution in [1.82, 2.24) is 15.1 Å². The molecule has 0 spiro atoms. The standard InChI is InChI=1S/C12H20N4O/c1-2-10-9-13-15-11(10)14-12(17)16-7-5-3-4-6-8-16/h9H,2-8H2,1H3,(H2,13,14,15,17). The van der Waals surface area contributed by atoms with Gasteiger partial charge in [-0.3, -0.25) is 10.4 Å². The lowest BCUT2D eigenvalue weighted by atomic mass is 10.2. The van der Waals surface area contributed by atoms with Crippen LogP contribution >= 0.6 is 0 Å². The molecule has 2 heterocycles. The highest BCUT2D eigenvalue weighted by atomic mass is 16.2. The Balaban J connectivity index is 1.95. The summed E-state index contributed by atoms with van der Waals surface area (Å²) in [5, 5.41) is 9.69. The second kappa shape index (κ2) is 5.70. The van der Waals surface area contributed by atoms with E-state index < -0.39 is 0 Å². The predicted molar refractivity (Wildman–Crippen MR) is 67.0 cm³/mol. The zero-order valence-electron chi connectivity index (χ0n) is 10.3. The van der Waals surface area contributed by atoms with Crippen molar-refractivity contribution in [2.45, 2.75) is 39.0 Å². The fraction of sp³-hybridized carbons (Fsp3) is 0.667. The Labute approximate surface area is 102 Å². The Morgan fingerprint density at radius 3 is 2.76 bits per heavy atom. The number of urea groups is 1. The Bertz CT molecular complexity index is 366. The first-order valence-corrected chi connectivity index (χ1v) is 6.39. The van der Waals surface area contributed by atoms with Crippen molar-refractivity contribution in [3.05, 3.63) is 11.8 Å². The van der Waals surface area contributed by atoms with Gasteiger partial charge < -0.3 is 4.90 Å². The average Bonchev–Trinajstić information content (AvgIpc) is 2.62. The highest BCUT2D eigenvalue weighted by Crippen LogP contribution is 2.14. The zero-order chi connectivity index (χ0) is 12.1. The molecule has 2 rings (SSSR count). The molecule has 0 aliphatic carbocycles. The number of anilines is 1. The molecule has 2 N–H and O–H groups in total. The Morgan fingerprint density at radius 2 is 2.12 bits per heavy atom. The van der Waals surface area contributed by atoms with Crippen molar-refractivity contribution in [2.75, 3.05) is 18.4 Å². The van der Waals surface area contributed by atoms with Gasteiger partial charge in [0, 0.05) is 18.7 Å². The molecular formula is C12H20N4O. The largest absolute Gasteiger partial charge is 0.325 e. The van der Waals surface area contributed by atoms with Gasteiger partial charge in [-0.15, -0.1) is 0 Å². The first-order valence-electron chi connectivity index (χ1n) is 6.39. The maximum Gasteiger partial charge on any atom is 0.323 e. The fourth-order valence-electron chi connectivity index (χ4n) is 2.15. The van der Waals surface area contributed by atoms with Crippen molar-refractivity contribution in [3.63, 3.8) is 0 Å². The van der Waals surface area contributed by atoms with E-state index in [1.165, 1.54) is 12.8 Å². The van der Waals surface area contributed by atoms with Crippen molar-refractivity contribution in [1.29, 1.82) is 0 Å². The molecule has 5 heteroatoms. The minimum atomic E-state index is -0.00847. The Morgan fingerprint density at radius 1 is 1.41 bits per heavy atom. The lowest BCUT2D eigenvalue weighted by Gasteiger charge is -2.20. The number of aromatic amines is 1. The second-order valence-electron chi connectivity index (χ2n) is 4.46. The molecule has 94 valence electrons. The molecule has 1 aliphatic rings. The van der Waals surface area contributed by atoms with Gasteiger partial charge in [-0.05, 0) is 19.3 Å². The Kier molecular flexibility index (Phi) is 4.01. The molecule has 1 aromatic heterocycles. The van der Waals surface area contributed by atoms with Crippen LogP contribution in [0.3, 0.4) is 0 Å². The van der Waals surface area contributed by atoms with Gasteiger partial charge >= 0.3 is 6.03 Å². The third-order valence-electron chi connectivity index (χ3n) is 3.22. The zero-order valence-corrected chi connectivity index (χ0v) is 10.3. The van der Waals surface area contributed by atoms with Gasteiger partial charge in [-0.1, -0.05) is 19.8 Å². The third-order valence-corrected chi connectivity index (χ3v) is 3.22. The fourth-order valence-corrected chi connectivity index (χ4v) is 2.15. The lowest BCUT2D eigenvalue weighted by Crippen LogP contribution is -2.35. The molecule has 1 saturated heterocycles. The molecule has 5 nitrogen and oxygen atoms in total. The molecule has 0 bridgehead atoms. The SMILES string of the molecule is CCc1cn[nH]c1NC(=O)N1CCCCCC1. The first kappa shape index (κ1) is 12.0. The van der Waals surface area contributed by atoms with Gasteiger partial charge in [0.1, 0.15) is 5.82 Å². The number of nitrogens with zero attached hydrogens (tertiary/aromatic N) is 2. The van der Waals surface area contributed by atoms with Gasteiger partial charge in [0.25, 0.3) is 0 Å². The summed E-state index contributed by atoms with van der Waals surface area (Å²) in [7, 11) is 0. The smallest absolute Gasteiger partial charge is 0.323 e. The number of aryl methyl sites for hydroxylation is 1. The number of amides is 2. The van der Waals surface area contributed by atoms with Crippen LogP contribution in [0.4, 0.5) is 10.6 Å². The lowest BCUT2D eigenvalue weighted by molar-refractivity contribution is 0.213. The summed E-state index contributed by atoms with van der Waals surface area (Å²) in [5.41, 5.74) is 1.05. The molecule has 0 aromatic carbocycles. The maximum atomic E-state index is 12.1. The molecule has 0 atom stereocenters. The van der Waals surface area contributed by atoms with Crippen LogP contribution in [0, 0.1) is 0 Å². The van der Waals surface area contributed by atoms with Gasteiger partial charge in [-0.2, -0.15) is 5.10 Å².